The molecule has 0 saturated heterocycles. The van der Waals surface area contributed by atoms with Crippen molar-refractivity contribution in [3.05, 3.63) is 72.2 Å². The molecular weight excluding hydrogens is 349 g/mol. The fourth-order valence-electron chi connectivity index (χ4n) is 3.01. The van der Waals surface area contributed by atoms with Gasteiger partial charge in [-0.25, -0.2) is 4.39 Å². The van der Waals surface area contributed by atoms with Crippen LogP contribution in [0.3, 0.4) is 0 Å². The first-order chi connectivity index (χ1) is 13.2. The highest BCUT2D eigenvalue weighted by molar-refractivity contribution is 6.12. The summed E-state index contributed by atoms with van der Waals surface area (Å²) in [5, 5.41) is 11.8. The Hall–Kier alpha value is -3.48. The van der Waals surface area contributed by atoms with Gasteiger partial charge in [-0.15, -0.1) is 0 Å². The Labute approximate surface area is 155 Å². The van der Waals surface area contributed by atoms with Crippen molar-refractivity contribution in [1.82, 2.24) is 0 Å². The molecule has 0 bridgehead atoms. The number of nitrogens with one attached hydrogen (secondary N) is 2. The number of rotatable bonds is 5. The molecule has 138 valence electrons. The van der Waals surface area contributed by atoms with Crippen LogP contribution in [0.25, 0.3) is 0 Å². The molecule has 1 atom stereocenters. The predicted molar refractivity (Wildman–Crippen MR) is 100 cm³/mol. The van der Waals surface area contributed by atoms with Crippen LogP contribution in [-0.4, -0.2) is 25.7 Å². The van der Waals surface area contributed by atoms with Gasteiger partial charge in [0.05, 0.1) is 18.9 Å². The minimum Gasteiger partial charge on any atom is -0.497 e. The monoisotopic (exact) mass is 367 g/mol. The summed E-state index contributed by atoms with van der Waals surface area (Å²) in [5.74, 6) is 1.21. The van der Waals surface area contributed by atoms with Gasteiger partial charge in [0.25, 0.3) is 0 Å². The molecule has 0 saturated carbocycles. The molecule has 0 aliphatic carbocycles. The topological polar surface area (TPSA) is 70.7 Å². The fraction of sp³-hybridized carbons (Fsp3) is 0.150. The number of hydrogen-bond donors (Lipinski definition) is 2. The molecule has 2 heterocycles. The highest BCUT2D eigenvalue weighted by Gasteiger charge is 2.33. The minimum absolute atomic E-state index is 0.107. The fourth-order valence-corrected chi connectivity index (χ4v) is 3.01. The van der Waals surface area contributed by atoms with E-state index in [4.69, 9.17) is 19.3 Å². The molecule has 1 aromatic heterocycles. The zero-order valence-electron chi connectivity index (χ0n) is 14.6. The lowest BCUT2D eigenvalue weighted by Crippen LogP contribution is -2.51. The second-order valence-corrected chi connectivity index (χ2v) is 5.98. The molecule has 0 radical (unpaired) electrons. The van der Waals surface area contributed by atoms with Gasteiger partial charge in [-0.3, -0.25) is 5.41 Å². The summed E-state index contributed by atoms with van der Waals surface area (Å²) >= 11 is 0. The third kappa shape index (κ3) is 3.19. The number of anilines is 2. The summed E-state index contributed by atoms with van der Waals surface area (Å²) in [7, 11) is 1.60. The van der Waals surface area contributed by atoms with E-state index in [2.05, 4.69) is 5.32 Å². The number of para-hydroxylation sites is 1. The molecule has 6 nitrogen and oxygen atoms in total. The van der Waals surface area contributed by atoms with Crippen LogP contribution in [-0.2, 0) is 0 Å². The molecule has 3 aromatic rings. The molecule has 7 heteroatoms. The molecule has 0 fully saturated rings. The number of halogens is 1. The molecule has 2 N–H and O–H groups in total. The maximum Gasteiger partial charge on any atom is 0.205 e. The SMILES string of the molecule is COc1ccc(N2C(=N)c3ccoc3NC2COc2ccccc2F)cc1. The van der Waals surface area contributed by atoms with Crippen LogP contribution < -0.4 is 19.7 Å². The van der Waals surface area contributed by atoms with Gasteiger partial charge in [0.1, 0.15) is 24.4 Å². The van der Waals surface area contributed by atoms with Gasteiger partial charge in [-0.2, -0.15) is 0 Å². The average molecular weight is 367 g/mol. The van der Waals surface area contributed by atoms with Gasteiger partial charge in [-0.05, 0) is 42.5 Å². The Morgan fingerprint density at radius 3 is 2.67 bits per heavy atom. The van der Waals surface area contributed by atoms with Gasteiger partial charge in [-0.1, -0.05) is 12.1 Å². The van der Waals surface area contributed by atoms with Gasteiger partial charge in [0.15, 0.2) is 11.6 Å². The van der Waals surface area contributed by atoms with Crippen molar-refractivity contribution < 1.29 is 18.3 Å². The van der Waals surface area contributed by atoms with Crippen LogP contribution in [0.15, 0.2) is 65.3 Å². The van der Waals surface area contributed by atoms with Gasteiger partial charge in [0.2, 0.25) is 5.88 Å². The van der Waals surface area contributed by atoms with Crippen molar-refractivity contribution in [3.63, 3.8) is 0 Å². The summed E-state index contributed by atoms with van der Waals surface area (Å²) < 4.78 is 30.2. The van der Waals surface area contributed by atoms with Crippen LogP contribution >= 0.6 is 0 Å². The van der Waals surface area contributed by atoms with E-state index in [9.17, 15) is 4.39 Å². The number of methoxy groups -OCH3 is 1. The van der Waals surface area contributed by atoms with E-state index in [1.165, 1.54) is 12.3 Å². The first-order valence-electron chi connectivity index (χ1n) is 8.41. The van der Waals surface area contributed by atoms with Crippen LogP contribution in [0.1, 0.15) is 5.56 Å². The van der Waals surface area contributed by atoms with Gasteiger partial charge >= 0.3 is 0 Å². The van der Waals surface area contributed by atoms with Crippen molar-refractivity contribution in [2.24, 2.45) is 0 Å². The van der Waals surface area contributed by atoms with Crippen molar-refractivity contribution >= 4 is 17.4 Å². The standard InChI is InChI=1S/C20H18FN3O3/c1-25-14-8-6-13(7-9-14)24-18(12-27-17-5-3-2-4-16(17)21)23-20-15(19(24)22)10-11-26-20/h2-11,18,22-23H,12H2,1H3. The van der Waals surface area contributed by atoms with E-state index >= 15 is 0 Å². The van der Waals surface area contributed by atoms with Crippen molar-refractivity contribution in [1.29, 1.82) is 5.41 Å². The van der Waals surface area contributed by atoms with Crippen molar-refractivity contribution in [2.45, 2.75) is 6.17 Å². The summed E-state index contributed by atoms with van der Waals surface area (Å²) in [4.78, 5) is 1.78. The normalized spacial score (nSPS) is 15.9. The van der Waals surface area contributed by atoms with Crippen LogP contribution in [0.5, 0.6) is 11.5 Å². The molecule has 1 aliphatic rings. The second-order valence-electron chi connectivity index (χ2n) is 5.98. The predicted octanol–water partition coefficient (Wildman–Crippen LogP) is 4.09. The summed E-state index contributed by atoms with van der Waals surface area (Å²) in [6.07, 6.45) is 1.07. The number of amidine groups is 1. The first kappa shape index (κ1) is 17.0. The Kier molecular flexibility index (Phi) is 4.42. The molecule has 27 heavy (non-hydrogen) atoms. The minimum atomic E-state index is -0.454. The van der Waals surface area contributed by atoms with Crippen LogP contribution in [0.2, 0.25) is 0 Å². The van der Waals surface area contributed by atoms with Crippen LogP contribution in [0.4, 0.5) is 16.0 Å². The third-order valence-corrected chi connectivity index (χ3v) is 4.35. The lowest BCUT2D eigenvalue weighted by atomic mass is 10.1. The van der Waals surface area contributed by atoms with E-state index < -0.39 is 12.0 Å². The lowest BCUT2D eigenvalue weighted by molar-refractivity contribution is 0.283. The highest BCUT2D eigenvalue weighted by Crippen LogP contribution is 2.31. The zero-order valence-corrected chi connectivity index (χ0v) is 14.6. The Morgan fingerprint density at radius 2 is 1.93 bits per heavy atom. The molecule has 0 spiro atoms. The molecule has 1 aliphatic heterocycles. The summed E-state index contributed by atoms with van der Waals surface area (Å²) in [5.41, 5.74) is 1.43. The largest absolute Gasteiger partial charge is 0.497 e. The van der Waals surface area contributed by atoms with Crippen molar-refractivity contribution in [2.75, 3.05) is 23.9 Å². The van der Waals surface area contributed by atoms with Gasteiger partial charge < -0.3 is 24.1 Å². The van der Waals surface area contributed by atoms with E-state index in [0.29, 0.717) is 11.4 Å². The molecule has 2 aromatic carbocycles. The highest BCUT2D eigenvalue weighted by atomic mass is 19.1. The quantitative estimate of drug-likeness (QED) is 0.711. The maximum atomic E-state index is 13.9. The van der Waals surface area contributed by atoms with Crippen molar-refractivity contribution in [3.8, 4) is 11.5 Å². The van der Waals surface area contributed by atoms with E-state index in [0.717, 1.165) is 11.4 Å². The molecule has 4 rings (SSSR count). The number of hydrogen-bond acceptors (Lipinski definition) is 5. The molecule has 1 unspecified atom stereocenters. The number of nitrogens with zero attached hydrogens (tertiary/aromatic N) is 1. The lowest BCUT2D eigenvalue weighted by Gasteiger charge is -2.37. The molecule has 0 amide bonds. The Morgan fingerprint density at radius 1 is 1.15 bits per heavy atom. The number of fused-ring (bicyclic) bond motifs is 1. The summed E-state index contributed by atoms with van der Waals surface area (Å²) in [6, 6.07) is 15.3. The average Bonchev–Trinajstić information content (AvgIpc) is 3.17. The second kappa shape index (κ2) is 7.03. The molecular formula is C20H18FN3O3. The smallest absolute Gasteiger partial charge is 0.205 e. The third-order valence-electron chi connectivity index (χ3n) is 4.35. The Bertz CT molecular complexity index is 955. The Balaban J connectivity index is 1.64. The number of benzene rings is 2. The van der Waals surface area contributed by atoms with E-state index in [-0.39, 0.29) is 18.2 Å². The maximum absolute atomic E-state index is 13.9. The first-order valence-corrected chi connectivity index (χ1v) is 8.41. The number of furan rings is 1. The van der Waals surface area contributed by atoms with E-state index in [1.807, 2.05) is 24.3 Å². The van der Waals surface area contributed by atoms with Gasteiger partial charge in [0, 0.05) is 5.69 Å². The number of ether oxygens (including phenoxy) is 2. The van der Waals surface area contributed by atoms with E-state index in [1.54, 1.807) is 36.3 Å². The summed E-state index contributed by atoms with van der Waals surface area (Å²) in [6.45, 7) is 0.107. The zero-order chi connectivity index (χ0) is 18.8. The van der Waals surface area contributed by atoms with Crippen LogP contribution in [0, 0.1) is 11.2 Å².